The molecular weight excluding hydrogens is 370 g/mol. The molecule has 0 aliphatic carbocycles. The SMILES string of the molecule is CCCCN(CCC(=O)N1CCNCC1)C(=O)c1cccc(Br)c1. The van der Waals surface area contributed by atoms with Crippen LogP contribution in [0.15, 0.2) is 28.7 Å². The van der Waals surface area contributed by atoms with E-state index < -0.39 is 0 Å². The summed E-state index contributed by atoms with van der Waals surface area (Å²) >= 11 is 3.41. The first-order valence-corrected chi connectivity index (χ1v) is 9.44. The van der Waals surface area contributed by atoms with Crippen LogP contribution in [0.4, 0.5) is 0 Å². The van der Waals surface area contributed by atoms with Gasteiger partial charge in [-0.1, -0.05) is 35.3 Å². The number of piperazine rings is 1. The molecule has 0 atom stereocenters. The lowest BCUT2D eigenvalue weighted by Gasteiger charge is -2.29. The zero-order valence-electron chi connectivity index (χ0n) is 14.3. The van der Waals surface area contributed by atoms with Gasteiger partial charge in [0.15, 0.2) is 0 Å². The smallest absolute Gasteiger partial charge is 0.253 e. The van der Waals surface area contributed by atoms with Crippen LogP contribution in [0.2, 0.25) is 0 Å². The van der Waals surface area contributed by atoms with E-state index in [0.29, 0.717) is 25.1 Å². The summed E-state index contributed by atoms with van der Waals surface area (Å²) < 4.78 is 0.890. The molecule has 0 bridgehead atoms. The second kappa shape index (κ2) is 9.79. The first-order valence-electron chi connectivity index (χ1n) is 8.65. The van der Waals surface area contributed by atoms with Gasteiger partial charge in [0.05, 0.1) is 0 Å². The summed E-state index contributed by atoms with van der Waals surface area (Å²) in [4.78, 5) is 28.8. The number of benzene rings is 1. The lowest BCUT2D eigenvalue weighted by Crippen LogP contribution is -2.47. The van der Waals surface area contributed by atoms with Gasteiger partial charge in [0, 0.05) is 55.7 Å². The first kappa shape index (κ1) is 18.9. The van der Waals surface area contributed by atoms with Crippen molar-refractivity contribution in [2.45, 2.75) is 26.2 Å². The van der Waals surface area contributed by atoms with E-state index in [-0.39, 0.29) is 11.8 Å². The Morgan fingerprint density at radius 2 is 2.00 bits per heavy atom. The summed E-state index contributed by atoms with van der Waals surface area (Å²) in [7, 11) is 0. The van der Waals surface area contributed by atoms with E-state index in [1.165, 1.54) is 0 Å². The van der Waals surface area contributed by atoms with Crippen molar-refractivity contribution in [3.05, 3.63) is 34.3 Å². The van der Waals surface area contributed by atoms with Crippen molar-refractivity contribution < 1.29 is 9.59 Å². The van der Waals surface area contributed by atoms with Gasteiger partial charge in [0.2, 0.25) is 5.91 Å². The van der Waals surface area contributed by atoms with Crippen LogP contribution in [0.5, 0.6) is 0 Å². The molecule has 2 rings (SSSR count). The Hall–Kier alpha value is -1.40. The van der Waals surface area contributed by atoms with Crippen molar-refractivity contribution in [2.75, 3.05) is 39.3 Å². The molecule has 1 aliphatic heterocycles. The Bertz CT molecular complexity index is 559. The lowest BCUT2D eigenvalue weighted by atomic mass is 10.1. The maximum Gasteiger partial charge on any atom is 0.253 e. The van der Waals surface area contributed by atoms with Crippen molar-refractivity contribution in [2.24, 2.45) is 0 Å². The van der Waals surface area contributed by atoms with E-state index >= 15 is 0 Å². The Kier molecular flexibility index (Phi) is 7.72. The number of hydrogen-bond donors (Lipinski definition) is 1. The minimum atomic E-state index is -0.00198. The fraction of sp³-hybridized carbons (Fsp3) is 0.556. The zero-order valence-corrected chi connectivity index (χ0v) is 15.8. The molecule has 1 N–H and O–H groups in total. The highest BCUT2D eigenvalue weighted by Crippen LogP contribution is 2.14. The van der Waals surface area contributed by atoms with Gasteiger partial charge in [-0.15, -0.1) is 0 Å². The number of unbranched alkanes of at least 4 members (excludes halogenated alkanes) is 1. The number of carbonyl (C=O) groups is 2. The summed E-state index contributed by atoms with van der Waals surface area (Å²) in [5.74, 6) is 0.137. The molecular formula is C18H26BrN3O2. The van der Waals surface area contributed by atoms with Gasteiger partial charge in [-0.2, -0.15) is 0 Å². The Morgan fingerprint density at radius 3 is 2.67 bits per heavy atom. The maximum absolute atomic E-state index is 12.8. The van der Waals surface area contributed by atoms with Crippen molar-refractivity contribution in [1.82, 2.24) is 15.1 Å². The molecule has 0 saturated carbocycles. The average Bonchev–Trinajstić information content (AvgIpc) is 2.62. The molecule has 5 nitrogen and oxygen atoms in total. The molecule has 2 amide bonds. The second-order valence-corrected chi connectivity index (χ2v) is 6.95. The molecule has 0 spiro atoms. The van der Waals surface area contributed by atoms with E-state index in [1.807, 2.05) is 34.1 Å². The number of hydrogen-bond acceptors (Lipinski definition) is 3. The molecule has 6 heteroatoms. The Morgan fingerprint density at radius 1 is 1.25 bits per heavy atom. The highest BCUT2D eigenvalue weighted by Gasteiger charge is 2.20. The van der Waals surface area contributed by atoms with E-state index in [9.17, 15) is 9.59 Å². The standard InChI is InChI=1S/C18H26BrN3O2/c1-2-3-10-22(18(24)15-5-4-6-16(19)14-15)11-7-17(23)21-12-8-20-9-13-21/h4-6,14,20H,2-3,7-13H2,1H3. The predicted molar refractivity (Wildman–Crippen MR) is 99.0 cm³/mol. The van der Waals surface area contributed by atoms with Gasteiger partial charge in [-0.3, -0.25) is 9.59 Å². The number of nitrogens with zero attached hydrogens (tertiary/aromatic N) is 2. The van der Waals surface area contributed by atoms with Crippen molar-refractivity contribution in [3.8, 4) is 0 Å². The molecule has 1 saturated heterocycles. The van der Waals surface area contributed by atoms with E-state index in [1.54, 1.807) is 0 Å². The van der Waals surface area contributed by atoms with Gasteiger partial charge in [-0.05, 0) is 24.6 Å². The number of amides is 2. The molecule has 1 heterocycles. The number of halogens is 1. The highest BCUT2D eigenvalue weighted by molar-refractivity contribution is 9.10. The van der Waals surface area contributed by atoms with Crippen molar-refractivity contribution >= 4 is 27.7 Å². The van der Waals surface area contributed by atoms with Crippen molar-refractivity contribution in [3.63, 3.8) is 0 Å². The quantitative estimate of drug-likeness (QED) is 0.771. The van der Waals surface area contributed by atoms with Crippen LogP contribution in [-0.2, 0) is 4.79 Å². The van der Waals surface area contributed by atoms with E-state index in [0.717, 1.165) is 43.5 Å². The molecule has 132 valence electrons. The fourth-order valence-electron chi connectivity index (χ4n) is 2.77. The summed E-state index contributed by atoms with van der Waals surface area (Å²) in [6, 6.07) is 7.42. The largest absolute Gasteiger partial charge is 0.340 e. The molecule has 1 aliphatic rings. The third-order valence-electron chi connectivity index (χ3n) is 4.21. The van der Waals surface area contributed by atoms with Gasteiger partial charge >= 0.3 is 0 Å². The van der Waals surface area contributed by atoms with E-state index in [2.05, 4.69) is 28.2 Å². The summed E-state index contributed by atoms with van der Waals surface area (Å²) in [6.45, 7) is 6.49. The molecule has 0 radical (unpaired) electrons. The van der Waals surface area contributed by atoms with Crippen LogP contribution in [0.3, 0.4) is 0 Å². The van der Waals surface area contributed by atoms with Gasteiger partial charge in [-0.25, -0.2) is 0 Å². The molecule has 0 unspecified atom stereocenters. The molecule has 1 aromatic carbocycles. The maximum atomic E-state index is 12.8. The van der Waals surface area contributed by atoms with Gasteiger partial charge in [0.1, 0.15) is 0 Å². The van der Waals surface area contributed by atoms with Crippen molar-refractivity contribution in [1.29, 1.82) is 0 Å². The monoisotopic (exact) mass is 395 g/mol. The van der Waals surface area contributed by atoms with Crippen LogP contribution in [0, 0.1) is 0 Å². The Labute approximate surface area is 152 Å². The minimum Gasteiger partial charge on any atom is -0.340 e. The number of nitrogens with one attached hydrogen (secondary N) is 1. The normalized spacial score (nSPS) is 14.5. The van der Waals surface area contributed by atoms with Gasteiger partial charge < -0.3 is 15.1 Å². The lowest BCUT2D eigenvalue weighted by molar-refractivity contribution is -0.131. The van der Waals surface area contributed by atoms with E-state index in [4.69, 9.17) is 0 Å². The average molecular weight is 396 g/mol. The first-order chi connectivity index (χ1) is 11.6. The number of rotatable bonds is 7. The van der Waals surface area contributed by atoms with Crippen LogP contribution < -0.4 is 5.32 Å². The topological polar surface area (TPSA) is 52.7 Å². The highest BCUT2D eigenvalue weighted by atomic mass is 79.9. The van der Waals surface area contributed by atoms with Gasteiger partial charge in [0.25, 0.3) is 5.91 Å². The predicted octanol–water partition coefficient (Wildman–Crippen LogP) is 2.51. The molecule has 1 fully saturated rings. The second-order valence-electron chi connectivity index (χ2n) is 6.04. The summed E-state index contributed by atoms with van der Waals surface area (Å²) in [6.07, 6.45) is 2.36. The third kappa shape index (κ3) is 5.60. The van der Waals surface area contributed by atoms with Crippen LogP contribution in [0.25, 0.3) is 0 Å². The fourth-order valence-corrected chi connectivity index (χ4v) is 3.17. The number of carbonyl (C=O) groups excluding carboxylic acids is 2. The zero-order chi connectivity index (χ0) is 17.4. The minimum absolute atomic E-state index is 0.00198. The molecule has 0 aromatic heterocycles. The van der Waals surface area contributed by atoms with Crippen LogP contribution in [-0.4, -0.2) is 60.9 Å². The molecule has 24 heavy (non-hydrogen) atoms. The Balaban J connectivity index is 1.96. The molecule has 1 aromatic rings. The van der Waals surface area contributed by atoms with Crippen LogP contribution in [0.1, 0.15) is 36.5 Å². The third-order valence-corrected chi connectivity index (χ3v) is 4.70. The summed E-state index contributed by atoms with van der Waals surface area (Å²) in [5, 5.41) is 3.24. The van der Waals surface area contributed by atoms with Crippen LogP contribution >= 0.6 is 15.9 Å². The summed E-state index contributed by atoms with van der Waals surface area (Å²) in [5.41, 5.74) is 0.662.